The van der Waals surface area contributed by atoms with E-state index in [-0.39, 0.29) is 11.7 Å². The number of allylic oxidation sites excluding steroid dienone is 1. The smallest absolute Gasteiger partial charge is 0.248 e. The number of rotatable bonds is 7. The summed E-state index contributed by atoms with van der Waals surface area (Å²) < 4.78 is 0.421. The third-order valence-electron chi connectivity index (χ3n) is 2.57. The van der Waals surface area contributed by atoms with Gasteiger partial charge in [0.05, 0.1) is 20.6 Å². The zero-order valence-electron chi connectivity index (χ0n) is 11.2. The molecule has 0 aliphatic rings. The van der Waals surface area contributed by atoms with Crippen molar-refractivity contribution < 1.29 is 14.1 Å². The van der Waals surface area contributed by atoms with Crippen LogP contribution in [0.15, 0.2) is 24.8 Å². The minimum absolute atomic E-state index is 0.165. The fourth-order valence-electron chi connectivity index (χ4n) is 1.74. The number of carbonyl (C=O) groups is 2. The Kier molecular flexibility index (Phi) is 6.43. The molecule has 0 bridgehead atoms. The number of ketones is 1. The van der Waals surface area contributed by atoms with E-state index in [0.717, 1.165) is 13.0 Å². The molecule has 0 radical (unpaired) electrons. The molecule has 0 heterocycles. The largest absolute Gasteiger partial charge is 0.302 e. The molecule has 0 aromatic heterocycles. The molecule has 0 spiro atoms. The molecule has 0 saturated carbocycles. The highest BCUT2D eigenvalue weighted by molar-refractivity contribution is 5.97. The van der Waals surface area contributed by atoms with E-state index in [9.17, 15) is 9.59 Å². The number of quaternary nitrogens is 1. The normalized spacial score (nSPS) is 13.4. The van der Waals surface area contributed by atoms with Crippen molar-refractivity contribution in [2.45, 2.75) is 26.4 Å². The second kappa shape index (κ2) is 7.01. The van der Waals surface area contributed by atoms with Crippen LogP contribution in [0.25, 0.3) is 0 Å². The molecule has 1 amide bonds. The molecule has 0 rings (SSSR count). The summed E-state index contributed by atoms with van der Waals surface area (Å²) in [7, 11) is 3.84. The summed E-state index contributed by atoms with van der Waals surface area (Å²) in [6, 6.07) is 0. The molecule has 0 aliphatic carbocycles. The topological polar surface area (TPSA) is 46.2 Å². The van der Waals surface area contributed by atoms with Gasteiger partial charge in [0.25, 0.3) is 0 Å². The number of hydrogen-bond acceptors (Lipinski definition) is 2. The summed E-state index contributed by atoms with van der Waals surface area (Å²) in [4.78, 5) is 23.3. The van der Waals surface area contributed by atoms with Gasteiger partial charge in [-0.1, -0.05) is 19.6 Å². The molecule has 0 fully saturated rings. The average Bonchev–Trinajstić information content (AvgIpc) is 2.25. The Morgan fingerprint density at radius 2 is 2.00 bits per heavy atom. The molecule has 0 aromatic carbocycles. The lowest BCUT2D eigenvalue weighted by Crippen LogP contribution is -2.61. The van der Waals surface area contributed by atoms with Crippen LogP contribution in [0.5, 0.6) is 0 Å². The number of carbonyl (C=O) groups excluding carboxylic acids is 2. The maximum absolute atomic E-state index is 11.8. The maximum atomic E-state index is 11.8. The summed E-state index contributed by atoms with van der Waals surface area (Å²) in [5.41, 5.74) is 0. The van der Waals surface area contributed by atoms with Crippen molar-refractivity contribution in [3.05, 3.63) is 24.8 Å². The average molecular weight is 239 g/mol. The van der Waals surface area contributed by atoms with Gasteiger partial charge in [-0.25, -0.2) is 0 Å². The van der Waals surface area contributed by atoms with Gasteiger partial charge in [-0.15, -0.1) is 0 Å². The molecule has 0 aliphatic heterocycles. The van der Waals surface area contributed by atoms with Crippen LogP contribution in [0.1, 0.15) is 20.3 Å². The number of nitrogens with zero attached hydrogens (tertiary/aromatic N) is 1. The van der Waals surface area contributed by atoms with Crippen molar-refractivity contribution in [2.24, 2.45) is 0 Å². The third kappa shape index (κ3) is 4.95. The van der Waals surface area contributed by atoms with Crippen LogP contribution in [0, 0.1) is 0 Å². The van der Waals surface area contributed by atoms with E-state index in [1.54, 1.807) is 13.0 Å². The number of hydrogen-bond donors (Lipinski definition) is 1. The van der Waals surface area contributed by atoms with Crippen molar-refractivity contribution in [2.75, 3.05) is 20.6 Å². The molecule has 0 aromatic rings. The fraction of sp³-hybridized carbons (Fsp3) is 0.538. The zero-order chi connectivity index (χ0) is 13.5. The maximum Gasteiger partial charge on any atom is 0.248 e. The number of amides is 1. The van der Waals surface area contributed by atoms with Gasteiger partial charge in [0.1, 0.15) is 0 Å². The zero-order valence-corrected chi connectivity index (χ0v) is 11.2. The predicted octanol–water partition coefficient (Wildman–Crippen LogP) is 1.25. The molecule has 17 heavy (non-hydrogen) atoms. The van der Waals surface area contributed by atoms with Gasteiger partial charge in [-0.2, -0.15) is 0 Å². The van der Waals surface area contributed by atoms with Crippen molar-refractivity contribution in [1.82, 2.24) is 5.32 Å². The van der Waals surface area contributed by atoms with Crippen LogP contribution in [0.4, 0.5) is 0 Å². The monoisotopic (exact) mass is 239 g/mol. The number of likely N-dealkylation sites (N-methyl/N-ethyl adjacent to an activating group) is 1. The molecule has 1 atom stereocenters. The van der Waals surface area contributed by atoms with Gasteiger partial charge in [-0.3, -0.25) is 14.9 Å². The van der Waals surface area contributed by atoms with E-state index in [1.165, 1.54) is 12.2 Å². The van der Waals surface area contributed by atoms with Crippen molar-refractivity contribution in [1.29, 1.82) is 0 Å². The lowest BCUT2D eigenvalue weighted by molar-refractivity contribution is -0.907. The summed E-state index contributed by atoms with van der Waals surface area (Å²) in [6.45, 7) is 8.09. The van der Waals surface area contributed by atoms with Crippen molar-refractivity contribution >= 4 is 11.7 Å². The van der Waals surface area contributed by atoms with Gasteiger partial charge < -0.3 is 4.48 Å². The van der Waals surface area contributed by atoms with E-state index in [2.05, 4.69) is 11.9 Å². The Bertz CT molecular complexity index is 319. The summed E-state index contributed by atoms with van der Waals surface area (Å²) in [5, 5.41) is 2.72. The van der Waals surface area contributed by atoms with Crippen LogP contribution < -0.4 is 5.32 Å². The molecule has 1 N–H and O–H groups in total. The van der Waals surface area contributed by atoms with Gasteiger partial charge in [0.15, 0.2) is 0 Å². The Hall–Kier alpha value is -1.42. The third-order valence-corrected chi connectivity index (χ3v) is 2.57. The van der Waals surface area contributed by atoms with Gasteiger partial charge in [0, 0.05) is 0 Å². The summed E-state index contributed by atoms with van der Waals surface area (Å²) in [6.07, 6.45) is 4.68. The lowest BCUT2D eigenvalue weighted by Gasteiger charge is -2.36. The van der Waals surface area contributed by atoms with Crippen molar-refractivity contribution in [3.63, 3.8) is 0 Å². The van der Waals surface area contributed by atoms with Crippen LogP contribution in [0.3, 0.4) is 0 Å². The molecule has 1 unspecified atom stereocenters. The first-order valence-electron chi connectivity index (χ1n) is 5.81. The first kappa shape index (κ1) is 15.6. The molecule has 4 nitrogen and oxygen atoms in total. The summed E-state index contributed by atoms with van der Waals surface area (Å²) in [5.74, 6) is -0.420. The molecule has 0 saturated heterocycles. The minimum Gasteiger partial charge on any atom is -0.302 e. The Morgan fingerprint density at radius 3 is 2.41 bits per heavy atom. The standard InChI is InChI=1S/C13H22N2O2/c1-6-9-12(17)14-13(11(16)8-3)15(4,5)10-7-2/h6,8-9,13H,3,7,10H2,1-2,4-5H3/p+1. The molecular formula is C13H23N2O2+. The highest BCUT2D eigenvalue weighted by atomic mass is 16.2. The second-order valence-electron chi connectivity index (χ2n) is 4.52. The Labute approximate surface area is 104 Å². The second-order valence-corrected chi connectivity index (χ2v) is 4.52. The molecular weight excluding hydrogens is 216 g/mol. The molecule has 4 heteroatoms. The van der Waals surface area contributed by atoms with E-state index < -0.39 is 6.17 Å². The highest BCUT2D eigenvalue weighted by Crippen LogP contribution is 2.07. The van der Waals surface area contributed by atoms with Crippen LogP contribution in [-0.2, 0) is 9.59 Å². The van der Waals surface area contributed by atoms with Crippen LogP contribution >= 0.6 is 0 Å². The van der Waals surface area contributed by atoms with Crippen LogP contribution in [-0.4, -0.2) is 43.0 Å². The quantitative estimate of drug-likeness (QED) is 0.413. The lowest BCUT2D eigenvalue weighted by atomic mass is 10.2. The highest BCUT2D eigenvalue weighted by Gasteiger charge is 2.33. The van der Waals surface area contributed by atoms with Crippen molar-refractivity contribution in [3.8, 4) is 0 Å². The Balaban J connectivity index is 4.94. The van der Waals surface area contributed by atoms with E-state index >= 15 is 0 Å². The van der Waals surface area contributed by atoms with E-state index in [4.69, 9.17) is 0 Å². The Morgan fingerprint density at radius 1 is 1.41 bits per heavy atom. The van der Waals surface area contributed by atoms with E-state index in [1.807, 2.05) is 21.0 Å². The fourth-order valence-corrected chi connectivity index (χ4v) is 1.74. The van der Waals surface area contributed by atoms with Gasteiger partial charge >= 0.3 is 0 Å². The number of nitrogens with one attached hydrogen (secondary N) is 1. The first-order valence-corrected chi connectivity index (χ1v) is 5.81. The summed E-state index contributed by atoms with van der Waals surface area (Å²) >= 11 is 0. The van der Waals surface area contributed by atoms with Gasteiger partial charge in [-0.05, 0) is 25.5 Å². The first-order chi connectivity index (χ1) is 7.88. The molecule has 96 valence electrons. The predicted molar refractivity (Wildman–Crippen MR) is 69.2 cm³/mol. The minimum atomic E-state index is -0.573. The van der Waals surface area contributed by atoms with Crippen LogP contribution in [0.2, 0.25) is 0 Å². The van der Waals surface area contributed by atoms with Gasteiger partial charge in [0.2, 0.25) is 17.9 Å². The van der Waals surface area contributed by atoms with E-state index in [0.29, 0.717) is 4.48 Å². The SMILES string of the molecule is C=CC(=O)C(NC(=O)C=CC)[N+](C)(C)CCC.